The molecule has 4 rings (SSSR count). The smallest absolute Gasteiger partial charge is 0.272 e. The standard InChI is InChI=1S/C20H21FN2O3/c21-15-5-7-16(8-6-15)26-17-12-20(25-13-17)9-3-11-23(14-20)19(24)18-4-1-2-10-22-18/h1-2,4-8,10,17H,3,9,11-14H2/t17-,20-/m1/s1. The van der Waals surface area contributed by atoms with Gasteiger partial charge in [-0.05, 0) is 49.2 Å². The van der Waals surface area contributed by atoms with Gasteiger partial charge in [0.1, 0.15) is 23.4 Å². The van der Waals surface area contributed by atoms with Gasteiger partial charge < -0.3 is 14.4 Å². The van der Waals surface area contributed by atoms with Crippen LogP contribution >= 0.6 is 0 Å². The van der Waals surface area contributed by atoms with Crippen LogP contribution in [-0.2, 0) is 4.74 Å². The average Bonchev–Trinajstić information content (AvgIpc) is 3.05. The Labute approximate surface area is 151 Å². The molecule has 2 fully saturated rings. The molecule has 26 heavy (non-hydrogen) atoms. The first-order chi connectivity index (χ1) is 12.6. The molecule has 0 N–H and O–H groups in total. The second kappa shape index (κ2) is 7.03. The largest absolute Gasteiger partial charge is 0.488 e. The number of ether oxygens (including phenoxy) is 2. The van der Waals surface area contributed by atoms with Crippen molar-refractivity contribution in [2.75, 3.05) is 19.7 Å². The Morgan fingerprint density at radius 2 is 2.12 bits per heavy atom. The number of carbonyl (C=O) groups is 1. The van der Waals surface area contributed by atoms with E-state index in [0.29, 0.717) is 31.1 Å². The number of nitrogens with zero attached hydrogens (tertiary/aromatic N) is 2. The van der Waals surface area contributed by atoms with E-state index in [9.17, 15) is 9.18 Å². The fourth-order valence-electron chi connectivity index (χ4n) is 3.79. The summed E-state index contributed by atoms with van der Waals surface area (Å²) in [6.07, 6.45) is 4.05. The van der Waals surface area contributed by atoms with Crippen LogP contribution in [0, 0.1) is 5.82 Å². The van der Waals surface area contributed by atoms with Gasteiger partial charge in [0.2, 0.25) is 0 Å². The number of hydrogen-bond acceptors (Lipinski definition) is 4. The van der Waals surface area contributed by atoms with Crippen LogP contribution in [0.3, 0.4) is 0 Å². The molecular weight excluding hydrogens is 335 g/mol. The number of rotatable bonds is 3. The van der Waals surface area contributed by atoms with Gasteiger partial charge in [-0.25, -0.2) is 4.39 Å². The predicted octanol–water partition coefficient (Wildman–Crippen LogP) is 3.06. The SMILES string of the molecule is O=C(c1ccccn1)N1CCC[C@@]2(C[C@@H](Oc3ccc(F)cc3)CO2)C1. The third-order valence-corrected chi connectivity index (χ3v) is 5.00. The molecule has 1 aromatic heterocycles. The van der Waals surface area contributed by atoms with Gasteiger partial charge in [0.25, 0.3) is 5.91 Å². The maximum atomic E-state index is 13.0. The third kappa shape index (κ3) is 3.55. The molecule has 2 aromatic rings. The highest BCUT2D eigenvalue weighted by atomic mass is 19.1. The molecule has 136 valence electrons. The molecule has 6 heteroatoms. The second-order valence-corrected chi connectivity index (χ2v) is 6.94. The summed E-state index contributed by atoms with van der Waals surface area (Å²) in [7, 11) is 0. The van der Waals surface area contributed by atoms with Gasteiger partial charge in [0, 0.05) is 19.2 Å². The zero-order valence-electron chi connectivity index (χ0n) is 14.4. The number of likely N-dealkylation sites (tertiary alicyclic amines) is 1. The molecular formula is C20H21FN2O3. The van der Waals surface area contributed by atoms with Crippen molar-refractivity contribution < 1.29 is 18.7 Å². The van der Waals surface area contributed by atoms with E-state index in [2.05, 4.69) is 4.98 Å². The Morgan fingerprint density at radius 1 is 1.27 bits per heavy atom. The van der Waals surface area contributed by atoms with E-state index < -0.39 is 0 Å². The monoisotopic (exact) mass is 356 g/mol. The van der Waals surface area contributed by atoms with Gasteiger partial charge in [-0.3, -0.25) is 9.78 Å². The van der Waals surface area contributed by atoms with E-state index >= 15 is 0 Å². The molecule has 2 saturated heterocycles. The molecule has 0 aliphatic carbocycles. The van der Waals surface area contributed by atoms with Crippen molar-refractivity contribution in [3.05, 3.63) is 60.2 Å². The zero-order valence-corrected chi connectivity index (χ0v) is 14.4. The van der Waals surface area contributed by atoms with Gasteiger partial charge >= 0.3 is 0 Å². The van der Waals surface area contributed by atoms with E-state index in [1.54, 1.807) is 30.5 Å². The average molecular weight is 356 g/mol. The van der Waals surface area contributed by atoms with Gasteiger partial charge in [0.15, 0.2) is 0 Å². The number of halogens is 1. The molecule has 1 aromatic carbocycles. The van der Waals surface area contributed by atoms with Gasteiger partial charge in [-0.2, -0.15) is 0 Å². The summed E-state index contributed by atoms with van der Waals surface area (Å²) in [5.74, 6) is 0.290. The Bertz CT molecular complexity index is 768. The highest BCUT2D eigenvalue weighted by Gasteiger charge is 2.45. The van der Waals surface area contributed by atoms with E-state index in [0.717, 1.165) is 19.3 Å². The molecule has 0 radical (unpaired) electrons. The van der Waals surface area contributed by atoms with Crippen LogP contribution in [0.15, 0.2) is 48.7 Å². The van der Waals surface area contributed by atoms with Crippen LogP contribution < -0.4 is 4.74 Å². The first kappa shape index (κ1) is 17.0. The first-order valence-corrected chi connectivity index (χ1v) is 8.90. The van der Waals surface area contributed by atoms with Crippen LogP contribution in [0.4, 0.5) is 4.39 Å². The summed E-state index contributed by atoms with van der Waals surface area (Å²) in [6.45, 7) is 1.73. The van der Waals surface area contributed by atoms with Crippen molar-refractivity contribution in [2.24, 2.45) is 0 Å². The fraction of sp³-hybridized carbons (Fsp3) is 0.400. The van der Waals surface area contributed by atoms with Gasteiger partial charge in [0.05, 0.1) is 18.8 Å². The predicted molar refractivity (Wildman–Crippen MR) is 93.5 cm³/mol. The minimum atomic E-state index is -0.368. The van der Waals surface area contributed by atoms with E-state index in [4.69, 9.17) is 9.47 Å². The Hall–Kier alpha value is -2.47. The van der Waals surface area contributed by atoms with Crippen molar-refractivity contribution in [3.8, 4) is 5.75 Å². The number of hydrogen-bond donors (Lipinski definition) is 0. The maximum Gasteiger partial charge on any atom is 0.272 e. The third-order valence-electron chi connectivity index (χ3n) is 5.00. The first-order valence-electron chi connectivity index (χ1n) is 8.90. The fourth-order valence-corrected chi connectivity index (χ4v) is 3.79. The lowest BCUT2D eigenvalue weighted by atomic mass is 9.89. The van der Waals surface area contributed by atoms with Crippen molar-refractivity contribution >= 4 is 5.91 Å². The number of pyridine rings is 1. The molecule has 5 nitrogen and oxygen atoms in total. The summed E-state index contributed by atoms with van der Waals surface area (Å²) in [6, 6.07) is 11.4. The van der Waals surface area contributed by atoms with Gasteiger partial charge in [-0.15, -0.1) is 0 Å². The number of aromatic nitrogens is 1. The molecule has 1 spiro atoms. The van der Waals surface area contributed by atoms with Crippen LogP contribution in [0.1, 0.15) is 29.8 Å². The van der Waals surface area contributed by atoms with Crippen molar-refractivity contribution in [3.63, 3.8) is 0 Å². The second-order valence-electron chi connectivity index (χ2n) is 6.94. The van der Waals surface area contributed by atoms with Gasteiger partial charge in [-0.1, -0.05) is 6.07 Å². The van der Waals surface area contributed by atoms with Crippen LogP contribution in [0.5, 0.6) is 5.75 Å². The minimum Gasteiger partial charge on any atom is -0.488 e. The van der Waals surface area contributed by atoms with E-state index in [1.165, 1.54) is 12.1 Å². The van der Waals surface area contributed by atoms with Crippen LogP contribution in [-0.4, -0.2) is 47.2 Å². The number of benzene rings is 1. The van der Waals surface area contributed by atoms with E-state index in [-0.39, 0.29) is 23.4 Å². The molecule has 2 aliphatic heterocycles. The van der Waals surface area contributed by atoms with E-state index in [1.807, 2.05) is 11.0 Å². The molecule has 3 heterocycles. The van der Waals surface area contributed by atoms with Crippen LogP contribution in [0.2, 0.25) is 0 Å². The molecule has 0 bridgehead atoms. The highest BCUT2D eigenvalue weighted by Crippen LogP contribution is 2.36. The molecule has 1 amide bonds. The Kier molecular flexibility index (Phi) is 4.59. The lowest BCUT2D eigenvalue weighted by Crippen LogP contribution is -2.50. The highest BCUT2D eigenvalue weighted by molar-refractivity contribution is 5.92. The van der Waals surface area contributed by atoms with Crippen molar-refractivity contribution in [2.45, 2.75) is 31.0 Å². The van der Waals surface area contributed by atoms with Crippen LogP contribution in [0.25, 0.3) is 0 Å². The summed E-state index contributed by atoms with van der Waals surface area (Å²) < 4.78 is 25.0. The summed E-state index contributed by atoms with van der Waals surface area (Å²) >= 11 is 0. The normalized spacial score (nSPS) is 25.4. The van der Waals surface area contributed by atoms with Crippen molar-refractivity contribution in [1.29, 1.82) is 0 Å². The topological polar surface area (TPSA) is 51.7 Å². The number of piperidine rings is 1. The minimum absolute atomic E-state index is 0.0591. The lowest BCUT2D eigenvalue weighted by molar-refractivity contribution is -0.0454. The molecule has 0 unspecified atom stereocenters. The molecule has 0 saturated carbocycles. The summed E-state index contributed by atoms with van der Waals surface area (Å²) in [5.41, 5.74) is 0.0922. The summed E-state index contributed by atoms with van der Waals surface area (Å²) in [4.78, 5) is 18.7. The Morgan fingerprint density at radius 3 is 2.88 bits per heavy atom. The Balaban J connectivity index is 1.41. The zero-order chi connectivity index (χ0) is 18.0. The van der Waals surface area contributed by atoms with Crippen molar-refractivity contribution in [1.82, 2.24) is 9.88 Å². The summed E-state index contributed by atoms with van der Waals surface area (Å²) in [5, 5.41) is 0. The molecule has 2 atom stereocenters. The quantitative estimate of drug-likeness (QED) is 0.848. The number of amides is 1. The number of carbonyl (C=O) groups excluding carboxylic acids is 1. The maximum absolute atomic E-state index is 13.0. The molecule has 2 aliphatic rings. The lowest BCUT2D eigenvalue weighted by Gasteiger charge is -2.39.